The molecule has 0 aliphatic heterocycles. The van der Waals surface area contributed by atoms with Crippen LogP contribution >= 0.6 is 11.6 Å². The summed E-state index contributed by atoms with van der Waals surface area (Å²) in [6.07, 6.45) is 1.21. The van der Waals surface area contributed by atoms with E-state index < -0.39 is 29.1 Å². The van der Waals surface area contributed by atoms with E-state index in [0.717, 1.165) is 22.8 Å². The van der Waals surface area contributed by atoms with E-state index in [-0.39, 0.29) is 23.7 Å². The highest BCUT2D eigenvalue weighted by atomic mass is 35.5. The largest absolute Gasteiger partial charge is 0.383 e. The van der Waals surface area contributed by atoms with Crippen LogP contribution in [0, 0.1) is 5.82 Å². The van der Waals surface area contributed by atoms with Crippen molar-refractivity contribution in [3.8, 4) is 0 Å². The van der Waals surface area contributed by atoms with Crippen LogP contribution in [0.25, 0.3) is 0 Å². The number of hydrogen-bond acceptors (Lipinski definition) is 4. The summed E-state index contributed by atoms with van der Waals surface area (Å²) < 4.78 is 18.9. The van der Waals surface area contributed by atoms with Crippen molar-refractivity contribution in [1.29, 1.82) is 0 Å². The van der Waals surface area contributed by atoms with Gasteiger partial charge in [0, 0.05) is 31.5 Å². The van der Waals surface area contributed by atoms with E-state index in [2.05, 4.69) is 5.32 Å². The maximum absolute atomic E-state index is 13.1. The number of halogens is 2. The van der Waals surface area contributed by atoms with Crippen LogP contribution in [0.5, 0.6) is 0 Å². The number of aromatic nitrogens is 1. The Kier molecular flexibility index (Phi) is 6.44. The molecule has 2 rings (SSSR count). The summed E-state index contributed by atoms with van der Waals surface area (Å²) in [5.41, 5.74) is -0.466. The molecule has 0 radical (unpaired) electrons. The van der Waals surface area contributed by atoms with Crippen molar-refractivity contribution in [1.82, 2.24) is 9.88 Å². The second-order valence-corrected chi connectivity index (χ2v) is 5.59. The Bertz CT molecular complexity index is 820. The van der Waals surface area contributed by atoms with Gasteiger partial charge in [0.25, 0.3) is 11.5 Å². The summed E-state index contributed by atoms with van der Waals surface area (Å²) in [4.78, 5) is 37.4. The standard InChI is InChI=1S/C17H16ClFN2O4/c1-25-9-8-20-17(24)15(21-10-12(18)4-7-14(21)22)16(23)11-2-5-13(19)6-3-11/h2-7,10,15H,8-9H2,1H3,(H,20,24)/t15-/m0/s1. The van der Waals surface area contributed by atoms with Crippen LogP contribution < -0.4 is 10.9 Å². The number of nitrogens with zero attached hydrogens (tertiary/aromatic N) is 1. The topological polar surface area (TPSA) is 77.4 Å². The number of carbonyl (C=O) groups is 2. The molecule has 1 N–H and O–H groups in total. The molecule has 1 atom stereocenters. The summed E-state index contributed by atoms with van der Waals surface area (Å²) in [7, 11) is 1.47. The number of pyridine rings is 1. The molecule has 1 aromatic carbocycles. The summed E-state index contributed by atoms with van der Waals surface area (Å²) >= 11 is 5.89. The fourth-order valence-corrected chi connectivity index (χ4v) is 2.36. The Hall–Kier alpha value is -2.51. The second-order valence-electron chi connectivity index (χ2n) is 5.15. The maximum atomic E-state index is 13.1. The van der Waals surface area contributed by atoms with Crippen molar-refractivity contribution >= 4 is 23.3 Å². The van der Waals surface area contributed by atoms with Gasteiger partial charge in [-0.3, -0.25) is 19.0 Å². The second kappa shape index (κ2) is 8.55. The van der Waals surface area contributed by atoms with Gasteiger partial charge in [0.1, 0.15) is 5.82 Å². The van der Waals surface area contributed by atoms with Gasteiger partial charge < -0.3 is 10.1 Å². The van der Waals surface area contributed by atoms with E-state index in [1.807, 2.05) is 0 Å². The highest BCUT2D eigenvalue weighted by Crippen LogP contribution is 2.16. The monoisotopic (exact) mass is 366 g/mol. The highest BCUT2D eigenvalue weighted by molar-refractivity contribution is 6.30. The molecule has 2 aromatic rings. The van der Waals surface area contributed by atoms with E-state index >= 15 is 0 Å². The molecule has 0 spiro atoms. The first-order valence-corrected chi connectivity index (χ1v) is 7.76. The van der Waals surface area contributed by atoms with Gasteiger partial charge in [0.15, 0.2) is 11.8 Å². The van der Waals surface area contributed by atoms with Crippen molar-refractivity contribution in [2.75, 3.05) is 20.3 Å². The summed E-state index contributed by atoms with van der Waals surface area (Å²) in [5.74, 6) is -1.85. The molecule has 0 fully saturated rings. The van der Waals surface area contributed by atoms with Gasteiger partial charge in [0.2, 0.25) is 0 Å². The molecule has 132 valence electrons. The van der Waals surface area contributed by atoms with Crippen LogP contribution in [0.2, 0.25) is 5.02 Å². The Morgan fingerprint density at radius 2 is 1.92 bits per heavy atom. The zero-order valence-corrected chi connectivity index (χ0v) is 14.1. The van der Waals surface area contributed by atoms with Crippen LogP contribution in [0.4, 0.5) is 4.39 Å². The zero-order valence-electron chi connectivity index (χ0n) is 13.4. The molecule has 8 heteroatoms. The first-order chi connectivity index (χ1) is 11.9. The van der Waals surface area contributed by atoms with Gasteiger partial charge in [0.05, 0.1) is 11.6 Å². The van der Waals surface area contributed by atoms with Gasteiger partial charge >= 0.3 is 0 Å². The average Bonchev–Trinajstić information content (AvgIpc) is 2.59. The summed E-state index contributed by atoms with van der Waals surface area (Å²) in [6, 6.07) is 5.78. The van der Waals surface area contributed by atoms with Crippen LogP contribution in [-0.4, -0.2) is 36.5 Å². The molecule has 0 aliphatic rings. The first kappa shape index (κ1) is 18.8. The molecule has 1 aromatic heterocycles. The number of nitrogens with one attached hydrogen (secondary N) is 1. The van der Waals surface area contributed by atoms with Crippen LogP contribution in [0.1, 0.15) is 16.4 Å². The van der Waals surface area contributed by atoms with E-state index in [4.69, 9.17) is 16.3 Å². The van der Waals surface area contributed by atoms with Crippen LogP contribution in [0.3, 0.4) is 0 Å². The lowest BCUT2D eigenvalue weighted by molar-refractivity contribution is -0.123. The molecular formula is C17H16ClFN2O4. The van der Waals surface area contributed by atoms with E-state index in [0.29, 0.717) is 0 Å². The van der Waals surface area contributed by atoms with Gasteiger partial charge in [-0.1, -0.05) is 11.6 Å². The number of methoxy groups -OCH3 is 1. The van der Waals surface area contributed by atoms with Crippen molar-refractivity contribution in [3.63, 3.8) is 0 Å². The Labute approximate surface area is 148 Å². The number of benzene rings is 1. The molecule has 6 nitrogen and oxygen atoms in total. The molecule has 0 bridgehead atoms. The fraction of sp³-hybridized carbons (Fsp3) is 0.235. The normalized spacial score (nSPS) is 11.8. The van der Waals surface area contributed by atoms with Gasteiger partial charge in [-0.25, -0.2) is 4.39 Å². The third kappa shape index (κ3) is 4.74. The lowest BCUT2D eigenvalue weighted by Crippen LogP contribution is -2.42. The van der Waals surface area contributed by atoms with Crippen LogP contribution in [0.15, 0.2) is 47.4 Å². The lowest BCUT2D eigenvalue weighted by atomic mass is 10.0. The molecule has 0 aliphatic carbocycles. The predicted octanol–water partition coefficient (Wildman–Crippen LogP) is 1.83. The summed E-state index contributed by atoms with van der Waals surface area (Å²) in [6.45, 7) is 0.408. The Morgan fingerprint density at radius 1 is 1.24 bits per heavy atom. The molecule has 1 amide bonds. The fourth-order valence-electron chi connectivity index (χ4n) is 2.19. The SMILES string of the molecule is COCCNC(=O)[C@H](C(=O)c1ccc(F)cc1)n1cc(Cl)ccc1=O. The summed E-state index contributed by atoms with van der Waals surface area (Å²) in [5, 5.41) is 2.72. The van der Waals surface area contributed by atoms with Crippen molar-refractivity contribution in [2.45, 2.75) is 6.04 Å². The van der Waals surface area contributed by atoms with E-state index in [9.17, 15) is 18.8 Å². The molecule has 0 saturated carbocycles. The highest BCUT2D eigenvalue weighted by Gasteiger charge is 2.30. The Morgan fingerprint density at radius 3 is 2.56 bits per heavy atom. The predicted molar refractivity (Wildman–Crippen MR) is 90.4 cm³/mol. The quantitative estimate of drug-likeness (QED) is 0.460. The molecule has 0 unspecified atom stereocenters. The van der Waals surface area contributed by atoms with Crippen molar-refractivity contribution in [2.24, 2.45) is 0 Å². The minimum absolute atomic E-state index is 0.0974. The average molecular weight is 367 g/mol. The lowest BCUT2D eigenvalue weighted by Gasteiger charge is -2.18. The van der Waals surface area contributed by atoms with E-state index in [1.165, 1.54) is 31.5 Å². The van der Waals surface area contributed by atoms with Crippen molar-refractivity contribution < 1.29 is 18.7 Å². The molecule has 25 heavy (non-hydrogen) atoms. The number of hydrogen-bond donors (Lipinski definition) is 1. The number of carbonyl (C=O) groups excluding carboxylic acids is 2. The minimum atomic E-state index is -1.46. The number of ether oxygens (including phenoxy) is 1. The molecule has 0 saturated heterocycles. The smallest absolute Gasteiger partial charge is 0.251 e. The Balaban J connectivity index is 2.42. The third-order valence-electron chi connectivity index (χ3n) is 3.41. The van der Waals surface area contributed by atoms with Gasteiger partial charge in [-0.05, 0) is 30.3 Å². The minimum Gasteiger partial charge on any atom is -0.383 e. The molecular weight excluding hydrogens is 351 g/mol. The number of ketones is 1. The maximum Gasteiger partial charge on any atom is 0.251 e. The van der Waals surface area contributed by atoms with Crippen molar-refractivity contribution in [3.05, 3.63) is 69.4 Å². The molecule has 1 heterocycles. The third-order valence-corrected chi connectivity index (χ3v) is 3.63. The van der Waals surface area contributed by atoms with E-state index in [1.54, 1.807) is 0 Å². The van der Waals surface area contributed by atoms with Crippen LogP contribution in [-0.2, 0) is 9.53 Å². The zero-order chi connectivity index (χ0) is 18.4. The van der Waals surface area contributed by atoms with Gasteiger partial charge in [-0.15, -0.1) is 0 Å². The number of amides is 1. The van der Waals surface area contributed by atoms with Gasteiger partial charge in [-0.2, -0.15) is 0 Å². The first-order valence-electron chi connectivity index (χ1n) is 7.38. The number of rotatable bonds is 7. The number of Topliss-reactive ketones (excluding diaryl/α,β-unsaturated/α-hetero) is 1.